The Hall–Kier alpha value is -1.80. The first kappa shape index (κ1) is 23.5. The van der Waals surface area contributed by atoms with Crippen LogP contribution >= 0.6 is 11.8 Å². The molecule has 0 amide bonds. The summed E-state index contributed by atoms with van der Waals surface area (Å²) in [4.78, 5) is 8.88. The van der Waals surface area contributed by atoms with Gasteiger partial charge in [0.2, 0.25) is 0 Å². The molecule has 0 spiro atoms. The van der Waals surface area contributed by atoms with E-state index in [-0.39, 0.29) is 10.4 Å². The number of thioether (sulfide) groups is 1. The normalized spacial score (nSPS) is 18.7. The zero-order chi connectivity index (χ0) is 22.0. The number of hydrogen-bond donors (Lipinski definition) is 0. The van der Waals surface area contributed by atoms with Crippen LogP contribution in [0, 0.1) is 6.92 Å². The van der Waals surface area contributed by atoms with Gasteiger partial charge >= 0.3 is 0 Å². The summed E-state index contributed by atoms with van der Waals surface area (Å²) in [6.45, 7) is 15.4. The average molecular weight is 437 g/mol. The summed E-state index contributed by atoms with van der Waals surface area (Å²) in [6.07, 6.45) is 0. The molecule has 0 atom stereocenters. The maximum absolute atomic E-state index is 13.0. The van der Waals surface area contributed by atoms with Crippen LogP contribution in [0.2, 0.25) is 0 Å². The maximum atomic E-state index is 13.0. The largest absolute Gasteiger partial charge is 0.356 e. The highest BCUT2D eigenvalue weighted by atomic mass is 32.2. The summed E-state index contributed by atoms with van der Waals surface area (Å²) >= 11 is 1.56. The van der Waals surface area contributed by atoms with E-state index in [4.69, 9.17) is 4.99 Å². The van der Waals surface area contributed by atoms with E-state index in [0.717, 1.165) is 21.3 Å². The van der Waals surface area contributed by atoms with Crippen LogP contribution in [0.5, 0.6) is 0 Å². The molecule has 8 heteroatoms. The molecule has 0 saturated carbocycles. The van der Waals surface area contributed by atoms with Gasteiger partial charge in [0.05, 0.1) is 15.5 Å². The molecule has 1 aliphatic heterocycles. The first-order chi connectivity index (χ1) is 13.4. The van der Waals surface area contributed by atoms with Gasteiger partial charge in [-0.15, -0.1) is 4.40 Å². The molecule has 0 unspecified atom stereocenters. The third-order valence-corrected chi connectivity index (χ3v) is 7.06. The molecule has 1 aromatic rings. The second-order valence-electron chi connectivity index (χ2n) is 8.03. The van der Waals surface area contributed by atoms with Gasteiger partial charge in [0.25, 0.3) is 10.0 Å². The first-order valence-corrected chi connectivity index (χ1v) is 12.0. The summed E-state index contributed by atoms with van der Waals surface area (Å²) in [5.74, 6) is 0.486. The molecular weight excluding hydrogens is 404 g/mol. The Morgan fingerprint density at radius 2 is 1.69 bits per heavy atom. The number of aryl methyl sites for hydroxylation is 1. The van der Waals surface area contributed by atoms with Crippen LogP contribution in [-0.2, 0) is 10.0 Å². The Labute approximate surface area is 179 Å². The van der Waals surface area contributed by atoms with E-state index in [9.17, 15) is 8.42 Å². The molecule has 160 valence electrons. The Bertz CT molecular complexity index is 936. The van der Waals surface area contributed by atoms with Gasteiger partial charge in [-0.25, -0.2) is 0 Å². The molecule has 0 bridgehead atoms. The average Bonchev–Trinajstić information content (AvgIpc) is 2.63. The van der Waals surface area contributed by atoms with E-state index in [1.807, 2.05) is 44.5 Å². The van der Waals surface area contributed by atoms with E-state index >= 15 is 0 Å². The third-order valence-electron chi connectivity index (χ3n) is 4.46. The molecule has 1 heterocycles. The lowest BCUT2D eigenvalue weighted by Gasteiger charge is -2.37. The zero-order valence-electron chi connectivity index (χ0n) is 18.6. The number of sulfonamides is 1. The lowest BCUT2D eigenvalue weighted by Crippen LogP contribution is -2.39. The fourth-order valence-corrected chi connectivity index (χ4v) is 4.96. The van der Waals surface area contributed by atoms with Crippen molar-refractivity contribution in [2.24, 2.45) is 9.39 Å². The van der Waals surface area contributed by atoms with Crippen molar-refractivity contribution in [2.75, 3.05) is 20.1 Å². The van der Waals surface area contributed by atoms with Gasteiger partial charge < -0.3 is 9.80 Å². The van der Waals surface area contributed by atoms with Gasteiger partial charge in [-0.2, -0.15) is 8.42 Å². The van der Waals surface area contributed by atoms with E-state index in [2.05, 4.69) is 25.2 Å². The highest BCUT2D eigenvalue weighted by Gasteiger charge is 2.32. The van der Waals surface area contributed by atoms with Gasteiger partial charge in [0, 0.05) is 25.7 Å². The van der Waals surface area contributed by atoms with E-state index < -0.39 is 10.0 Å². The number of benzene rings is 1. The van der Waals surface area contributed by atoms with Crippen LogP contribution in [0.3, 0.4) is 0 Å². The zero-order valence-corrected chi connectivity index (χ0v) is 20.3. The second kappa shape index (κ2) is 8.92. The van der Waals surface area contributed by atoms with Gasteiger partial charge in [0.15, 0.2) is 5.17 Å². The van der Waals surface area contributed by atoms with Crippen molar-refractivity contribution in [1.29, 1.82) is 0 Å². The molecule has 0 aliphatic carbocycles. The minimum atomic E-state index is -3.81. The monoisotopic (exact) mass is 436 g/mol. The van der Waals surface area contributed by atoms with E-state index in [1.54, 1.807) is 36.0 Å². The minimum absolute atomic E-state index is 0.166. The number of amidine groups is 2. The van der Waals surface area contributed by atoms with Crippen LogP contribution in [0.25, 0.3) is 0 Å². The summed E-state index contributed by atoms with van der Waals surface area (Å²) in [6, 6.07) is 6.79. The molecular formula is C21H32N4O2S2. The van der Waals surface area contributed by atoms with Crippen LogP contribution in [-0.4, -0.2) is 54.9 Å². The van der Waals surface area contributed by atoms with E-state index in [0.29, 0.717) is 18.9 Å². The van der Waals surface area contributed by atoms with Crippen molar-refractivity contribution in [2.45, 2.75) is 58.9 Å². The van der Waals surface area contributed by atoms with Gasteiger partial charge in [-0.05, 0) is 72.4 Å². The quantitative estimate of drug-likeness (QED) is 0.503. The van der Waals surface area contributed by atoms with Crippen LogP contribution < -0.4 is 0 Å². The van der Waals surface area contributed by atoms with Crippen molar-refractivity contribution in [3.8, 4) is 0 Å². The Morgan fingerprint density at radius 1 is 1.14 bits per heavy atom. The van der Waals surface area contributed by atoms with Crippen molar-refractivity contribution in [1.82, 2.24) is 9.80 Å². The second-order valence-corrected chi connectivity index (χ2v) is 10.6. The van der Waals surface area contributed by atoms with Gasteiger partial charge in [-0.1, -0.05) is 17.7 Å². The Kier molecular flexibility index (Phi) is 7.22. The molecule has 29 heavy (non-hydrogen) atoms. The molecule has 6 nitrogen and oxygen atoms in total. The van der Waals surface area contributed by atoms with E-state index in [1.165, 1.54) is 0 Å². The van der Waals surface area contributed by atoms with Crippen LogP contribution in [0.4, 0.5) is 0 Å². The van der Waals surface area contributed by atoms with Crippen LogP contribution in [0.1, 0.15) is 47.1 Å². The first-order valence-electron chi connectivity index (χ1n) is 9.79. The highest BCUT2D eigenvalue weighted by Crippen LogP contribution is 2.39. The molecule has 1 aliphatic rings. The fourth-order valence-electron chi connectivity index (χ4n) is 2.84. The Morgan fingerprint density at radius 3 is 2.14 bits per heavy atom. The lowest BCUT2D eigenvalue weighted by molar-refractivity contribution is 0.464. The standard InChI is InChI=1S/C21H32N4O2S2/c1-9-25(10-2)18(23-29(26,27)17-13-11-15(3)12-14-17)16(4)19-24(8)20(28-19)22-21(5,6)7/h11-14H,9-10H2,1-8H3/b19-16-,22-20?,23-18?. The number of likely N-dealkylation sites (N-methyl/N-ethyl adjacent to an activating group) is 1. The molecule has 1 fully saturated rings. The van der Waals surface area contributed by atoms with Crippen molar-refractivity contribution >= 4 is 32.8 Å². The Balaban J connectivity index is 2.50. The van der Waals surface area contributed by atoms with Crippen molar-refractivity contribution in [3.63, 3.8) is 0 Å². The van der Waals surface area contributed by atoms with Crippen LogP contribution in [0.15, 0.2) is 49.2 Å². The number of hydrogen-bond acceptors (Lipinski definition) is 4. The number of nitrogens with zero attached hydrogens (tertiary/aromatic N) is 4. The van der Waals surface area contributed by atoms with Gasteiger partial charge in [0.1, 0.15) is 5.84 Å². The molecule has 0 aromatic heterocycles. The maximum Gasteiger partial charge on any atom is 0.284 e. The molecule has 1 saturated heterocycles. The predicted octanol–water partition coefficient (Wildman–Crippen LogP) is 4.49. The lowest BCUT2D eigenvalue weighted by atomic mass is 10.1. The topological polar surface area (TPSA) is 65.3 Å². The molecule has 0 radical (unpaired) electrons. The highest BCUT2D eigenvalue weighted by molar-refractivity contribution is 8.19. The molecule has 0 N–H and O–H groups in total. The SMILES string of the molecule is CCN(CC)C(=NS(=O)(=O)c1ccc(C)cc1)/C(C)=C1\SC(=NC(C)(C)C)N1C. The summed E-state index contributed by atoms with van der Waals surface area (Å²) in [7, 11) is -1.86. The molecule has 1 aromatic carbocycles. The summed E-state index contributed by atoms with van der Waals surface area (Å²) in [5, 5.41) is 1.89. The van der Waals surface area contributed by atoms with Gasteiger partial charge in [-0.3, -0.25) is 4.99 Å². The number of rotatable bonds is 5. The predicted molar refractivity (Wildman–Crippen MR) is 124 cm³/mol. The van der Waals surface area contributed by atoms with Crippen molar-refractivity contribution < 1.29 is 8.42 Å². The summed E-state index contributed by atoms with van der Waals surface area (Å²) < 4.78 is 30.2. The fraction of sp³-hybridized carbons (Fsp3) is 0.524. The summed E-state index contributed by atoms with van der Waals surface area (Å²) in [5.41, 5.74) is 1.68. The minimum Gasteiger partial charge on any atom is -0.356 e. The third kappa shape index (κ3) is 5.63. The molecule has 2 rings (SSSR count). The smallest absolute Gasteiger partial charge is 0.284 e. The van der Waals surface area contributed by atoms with Crippen molar-refractivity contribution in [3.05, 3.63) is 40.4 Å². The number of aliphatic imine (C=N–C) groups is 1.